The number of hydrogen-bond acceptors (Lipinski definition) is 3. The molecule has 3 rings (SSSR count). The van der Waals surface area contributed by atoms with Crippen molar-refractivity contribution >= 4 is 11.7 Å². The average Bonchev–Trinajstić information content (AvgIpc) is 2.76. The molecule has 0 aliphatic heterocycles. The Morgan fingerprint density at radius 2 is 2.10 bits per heavy atom. The normalized spacial score (nSPS) is 33.2. The van der Waals surface area contributed by atoms with Crippen LogP contribution in [0.1, 0.15) is 45.6 Å². The van der Waals surface area contributed by atoms with Crippen molar-refractivity contribution in [1.29, 1.82) is 0 Å². The molecule has 4 heteroatoms. The zero-order valence-corrected chi connectivity index (χ0v) is 12.9. The summed E-state index contributed by atoms with van der Waals surface area (Å²) in [4.78, 5) is 29.2. The molecule has 1 heterocycles. The van der Waals surface area contributed by atoms with Crippen LogP contribution in [0.5, 0.6) is 0 Å². The standard InChI is InChI=1S/C17H22N2O2/c1-15(2)16(3)6-7-17(15,9-13(16)20)14(21)19-11-12-5-4-8-18-10-12/h4-5,8,10H,6-7,9,11H2,1-3H3,(H,19,21)/t16-,17+/m0/s1. The number of carbonyl (C=O) groups excluding carboxylic acids is 2. The number of Topliss-reactive ketones (excluding diaryl/α,β-unsaturated/α-hetero) is 1. The number of carbonyl (C=O) groups is 2. The van der Waals surface area contributed by atoms with Crippen LogP contribution in [0.4, 0.5) is 0 Å². The Balaban J connectivity index is 1.80. The fourth-order valence-corrected chi connectivity index (χ4v) is 4.21. The number of nitrogens with zero attached hydrogens (tertiary/aromatic N) is 1. The Morgan fingerprint density at radius 1 is 1.33 bits per heavy atom. The fraction of sp³-hybridized carbons (Fsp3) is 0.588. The number of fused-ring (bicyclic) bond motifs is 2. The average molecular weight is 286 g/mol. The molecule has 2 aliphatic rings. The topological polar surface area (TPSA) is 59.1 Å². The summed E-state index contributed by atoms with van der Waals surface area (Å²) in [6.45, 7) is 6.65. The molecule has 2 saturated carbocycles. The quantitative estimate of drug-likeness (QED) is 0.928. The SMILES string of the molecule is CC1(C)[C@]2(C(=O)NCc3cccnc3)CC[C@@]1(C)C(=O)C2. The van der Waals surface area contributed by atoms with E-state index in [9.17, 15) is 9.59 Å². The van der Waals surface area contributed by atoms with Crippen molar-refractivity contribution in [2.75, 3.05) is 0 Å². The predicted octanol–water partition coefficient (Wildman–Crippen LogP) is 2.48. The third-order valence-corrected chi connectivity index (χ3v) is 6.32. The van der Waals surface area contributed by atoms with E-state index < -0.39 is 5.41 Å². The third kappa shape index (κ3) is 1.71. The molecule has 0 radical (unpaired) electrons. The van der Waals surface area contributed by atoms with E-state index in [1.165, 1.54) is 0 Å². The maximum absolute atomic E-state index is 12.8. The molecule has 21 heavy (non-hydrogen) atoms. The van der Waals surface area contributed by atoms with E-state index in [4.69, 9.17) is 0 Å². The molecule has 2 atom stereocenters. The van der Waals surface area contributed by atoms with Gasteiger partial charge >= 0.3 is 0 Å². The molecule has 0 saturated heterocycles. The Kier molecular flexibility index (Phi) is 2.98. The number of pyridine rings is 1. The van der Waals surface area contributed by atoms with Crippen LogP contribution in [0.3, 0.4) is 0 Å². The summed E-state index contributed by atoms with van der Waals surface area (Å²) in [5.41, 5.74) is -0.194. The molecule has 1 amide bonds. The lowest BCUT2D eigenvalue weighted by molar-refractivity contribution is -0.136. The van der Waals surface area contributed by atoms with Crippen molar-refractivity contribution in [1.82, 2.24) is 10.3 Å². The Bertz CT molecular complexity index is 596. The molecule has 1 N–H and O–H groups in total. The number of amides is 1. The summed E-state index contributed by atoms with van der Waals surface area (Å²) in [6.07, 6.45) is 5.47. The second kappa shape index (κ2) is 4.39. The van der Waals surface area contributed by atoms with Gasteiger partial charge in [-0.25, -0.2) is 0 Å². The van der Waals surface area contributed by atoms with Crippen LogP contribution >= 0.6 is 0 Å². The molecule has 2 aliphatic carbocycles. The van der Waals surface area contributed by atoms with Crippen molar-refractivity contribution in [3.05, 3.63) is 30.1 Å². The second-order valence-electron chi connectivity index (χ2n) is 7.18. The highest BCUT2D eigenvalue weighted by molar-refractivity contribution is 5.99. The zero-order chi connectivity index (χ0) is 15.3. The van der Waals surface area contributed by atoms with Crippen molar-refractivity contribution in [2.24, 2.45) is 16.2 Å². The van der Waals surface area contributed by atoms with E-state index in [1.54, 1.807) is 12.4 Å². The largest absolute Gasteiger partial charge is 0.351 e. The number of hydrogen-bond donors (Lipinski definition) is 1. The smallest absolute Gasteiger partial charge is 0.227 e. The van der Waals surface area contributed by atoms with Gasteiger partial charge in [-0.15, -0.1) is 0 Å². The van der Waals surface area contributed by atoms with Gasteiger partial charge in [-0.3, -0.25) is 14.6 Å². The van der Waals surface area contributed by atoms with E-state index >= 15 is 0 Å². The van der Waals surface area contributed by atoms with E-state index in [0.717, 1.165) is 18.4 Å². The summed E-state index contributed by atoms with van der Waals surface area (Å²) < 4.78 is 0. The second-order valence-corrected chi connectivity index (χ2v) is 7.18. The minimum absolute atomic E-state index is 0.0194. The van der Waals surface area contributed by atoms with Crippen LogP contribution < -0.4 is 5.32 Å². The van der Waals surface area contributed by atoms with Crippen LogP contribution in [0, 0.1) is 16.2 Å². The minimum Gasteiger partial charge on any atom is -0.351 e. The first kappa shape index (κ1) is 14.2. The number of rotatable bonds is 3. The molecule has 2 bridgehead atoms. The number of ketones is 1. The maximum atomic E-state index is 12.8. The predicted molar refractivity (Wildman–Crippen MR) is 79.3 cm³/mol. The van der Waals surface area contributed by atoms with Crippen molar-refractivity contribution < 1.29 is 9.59 Å². The van der Waals surface area contributed by atoms with Gasteiger partial charge in [0.05, 0.1) is 5.41 Å². The maximum Gasteiger partial charge on any atom is 0.227 e. The molecular weight excluding hydrogens is 264 g/mol. The van der Waals surface area contributed by atoms with Gasteiger partial charge in [0.15, 0.2) is 0 Å². The van der Waals surface area contributed by atoms with Gasteiger partial charge in [-0.05, 0) is 29.9 Å². The van der Waals surface area contributed by atoms with E-state index in [2.05, 4.69) is 24.1 Å². The summed E-state index contributed by atoms with van der Waals surface area (Å²) >= 11 is 0. The first-order chi connectivity index (χ1) is 9.83. The highest BCUT2D eigenvalue weighted by Gasteiger charge is 2.72. The van der Waals surface area contributed by atoms with Crippen molar-refractivity contribution in [3.63, 3.8) is 0 Å². The number of aromatic nitrogens is 1. The molecule has 0 unspecified atom stereocenters. The van der Waals surface area contributed by atoms with Crippen molar-refractivity contribution in [3.8, 4) is 0 Å². The van der Waals surface area contributed by atoms with Gasteiger partial charge in [-0.1, -0.05) is 26.8 Å². The molecule has 1 aromatic heterocycles. The van der Waals surface area contributed by atoms with Crippen molar-refractivity contribution in [2.45, 2.75) is 46.6 Å². The molecule has 112 valence electrons. The lowest BCUT2D eigenvalue weighted by atomic mass is 9.64. The van der Waals surface area contributed by atoms with Gasteiger partial charge < -0.3 is 5.32 Å². The van der Waals surface area contributed by atoms with E-state index in [0.29, 0.717) is 13.0 Å². The summed E-state index contributed by atoms with van der Waals surface area (Å²) in [7, 11) is 0. The summed E-state index contributed by atoms with van der Waals surface area (Å²) in [5, 5.41) is 3.02. The monoisotopic (exact) mass is 286 g/mol. The summed E-state index contributed by atoms with van der Waals surface area (Å²) in [5.74, 6) is 0.265. The van der Waals surface area contributed by atoms with Crippen LogP contribution in [0.15, 0.2) is 24.5 Å². The molecule has 0 aromatic carbocycles. The number of nitrogens with one attached hydrogen (secondary N) is 1. The minimum atomic E-state index is -0.541. The first-order valence-electron chi connectivity index (χ1n) is 7.54. The van der Waals surface area contributed by atoms with Gasteiger partial charge in [-0.2, -0.15) is 0 Å². The van der Waals surface area contributed by atoms with Gasteiger partial charge in [0, 0.05) is 30.8 Å². The Hall–Kier alpha value is -1.71. The van der Waals surface area contributed by atoms with Gasteiger partial charge in [0.25, 0.3) is 0 Å². The Labute approximate surface area is 125 Å². The highest BCUT2D eigenvalue weighted by Crippen LogP contribution is 2.70. The van der Waals surface area contributed by atoms with Gasteiger partial charge in [0.2, 0.25) is 5.91 Å². The van der Waals surface area contributed by atoms with E-state index in [-0.39, 0.29) is 22.5 Å². The lowest BCUT2D eigenvalue weighted by Gasteiger charge is -2.38. The Morgan fingerprint density at radius 3 is 2.62 bits per heavy atom. The van der Waals surface area contributed by atoms with Crippen LogP contribution in [-0.4, -0.2) is 16.7 Å². The fourth-order valence-electron chi connectivity index (χ4n) is 4.21. The highest BCUT2D eigenvalue weighted by atomic mass is 16.2. The molecule has 0 spiro atoms. The van der Waals surface area contributed by atoms with Crippen LogP contribution in [0.25, 0.3) is 0 Å². The lowest BCUT2D eigenvalue weighted by Crippen LogP contribution is -2.46. The first-order valence-corrected chi connectivity index (χ1v) is 7.54. The third-order valence-electron chi connectivity index (χ3n) is 6.32. The van der Waals surface area contributed by atoms with Crippen LogP contribution in [-0.2, 0) is 16.1 Å². The molecule has 1 aromatic rings. The molecular formula is C17H22N2O2. The van der Waals surface area contributed by atoms with E-state index in [1.807, 2.05) is 19.1 Å². The molecule has 2 fully saturated rings. The van der Waals surface area contributed by atoms with Crippen LogP contribution in [0.2, 0.25) is 0 Å². The molecule has 4 nitrogen and oxygen atoms in total. The zero-order valence-electron chi connectivity index (χ0n) is 12.9. The van der Waals surface area contributed by atoms with Gasteiger partial charge in [0.1, 0.15) is 5.78 Å². The summed E-state index contributed by atoms with van der Waals surface area (Å²) in [6, 6.07) is 3.80.